The average Bonchev–Trinajstić information content (AvgIpc) is 3.16. The fraction of sp³-hybridized carbons (Fsp3) is 0.348. The van der Waals surface area contributed by atoms with Gasteiger partial charge in [0.15, 0.2) is 0 Å². The van der Waals surface area contributed by atoms with Crippen LogP contribution in [0.5, 0.6) is 0 Å². The molecular formula is C23H25N5O. The van der Waals surface area contributed by atoms with Crippen LogP contribution in [0.1, 0.15) is 28.9 Å². The van der Waals surface area contributed by atoms with Crippen LogP contribution in [0.2, 0.25) is 0 Å². The predicted molar refractivity (Wildman–Crippen MR) is 111 cm³/mol. The van der Waals surface area contributed by atoms with Gasteiger partial charge in [-0.25, -0.2) is 4.98 Å². The maximum Gasteiger partial charge on any atom is 0.254 e. The van der Waals surface area contributed by atoms with E-state index < -0.39 is 0 Å². The number of nitrogens with zero attached hydrogens (tertiary/aromatic N) is 5. The van der Waals surface area contributed by atoms with E-state index in [1.165, 1.54) is 6.42 Å². The highest BCUT2D eigenvalue weighted by Crippen LogP contribution is 2.30. The molecule has 0 aliphatic carbocycles. The van der Waals surface area contributed by atoms with E-state index in [1.54, 1.807) is 12.5 Å². The lowest BCUT2D eigenvalue weighted by Gasteiger charge is -2.36. The molecule has 2 aromatic heterocycles. The molecule has 0 unspecified atom stereocenters. The quantitative estimate of drug-likeness (QED) is 0.691. The van der Waals surface area contributed by atoms with E-state index in [4.69, 9.17) is 0 Å². The summed E-state index contributed by atoms with van der Waals surface area (Å²) in [6.45, 7) is 3.67. The Labute approximate surface area is 170 Å². The molecule has 6 heteroatoms. The van der Waals surface area contributed by atoms with Crippen molar-refractivity contribution >= 4 is 5.91 Å². The Balaban J connectivity index is 1.30. The third-order valence-corrected chi connectivity index (χ3v) is 6.08. The smallest absolute Gasteiger partial charge is 0.254 e. The van der Waals surface area contributed by atoms with Crippen molar-refractivity contribution in [3.8, 4) is 5.69 Å². The maximum atomic E-state index is 13.3. The molecule has 0 radical (unpaired) electrons. The Morgan fingerprint density at radius 1 is 1.00 bits per heavy atom. The largest absolute Gasteiger partial charge is 0.334 e. The number of aromatic nitrogens is 3. The fourth-order valence-corrected chi connectivity index (χ4v) is 4.63. The molecule has 0 N–H and O–H groups in total. The van der Waals surface area contributed by atoms with Gasteiger partial charge in [0, 0.05) is 62.1 Å². The first-order valence-corrected chi connectivity index (χ1v) is 10.3. The number of rotatable bonds is 4. The molecule has 6 nitrogen and oxygen atoms in total. The van der Waals surface area contributed by atoms with Crippen LogP contribution in [0.15, 0.2) is 67.4 Å². The van der Waals surface area contributed by atoms with E-state index in [1.807, 2.05) is 53.4 Å². The first-order valence-electron chi connectivity index (χ1n) is 10.3. The molecule has 0 spiro atoms. The molecule has 148 valence electrons. The number of piperidine rings is 1. The van der Waals surface area contributed by atoms with Gasteiger partial charge in [0.25, 0.3) is 5.91 Å². The number of fused-ring (bicyclic) bond motifs is 4. The number of amides is 1. The highest BCUT2D eigenvalue weighted by molar-refractivity contribution is 5.94. The molecule has 0 saturated carbocycles. The summed E-state index contributed by atoms with van der Waals surface area (Å²) >= 11 is 0. The van der Waals surface area contributed by atoms with Gasteiger partial charge in [-0.15, -0.1) is 0 Å². The van der Waals surface area contributed by atoms with Crippen molar-refractivity contribution in [3.05, 3.63) is 78.6 Å². The summed E-state index contributed by atoms with van der Waals surface area (Å²) in [7, 11) is 0. The minimum Gasteiger partial charge on any atom is -0.334 e. The lowest BCUT2D eigenvalue weighted by Crippen LogP contribution is -2.47. The van der Waals surface area contributed by atoms with Crippen molar-refractivity contribution in [2.75, 3.05) is 19.6 Å². The van der Waals surface area contributed by atoms with Gasteiger partial charge in [-0.2, -0.15) is 0 Å². The Kier molecular flexibility index (Phi) is 4.86. The van der Waals surface area contributed by atoms with Crippen LogP contribution in [0.4, 0.5) is 0 Å². The monoisotopic (exact) mass is 387 g/mol. The lowest BCUT2D eigenvalue weighted by molar-refractivity contribution is 0.0585. The zero-order valence-corrected chi connectivity index (χ0v) is 16.4. The number of hydrogen-bond acceptors (Lipinski definition) is 4. The molecule has 6 rings (SSSR count). The van der Waals surface area contributed by atoms with E-state index in [0.29, 0.717) is 5.92 Å². The van der Waals surface area contributed by atoms with Crippen LogP contribution in [0, 0.1) is 5.92 Å². The van der Waals surface area contributed by atoms with Gasteiger partial charge >= 0.3 is 0 Å². The van der Waals surface area contributed by atoms with Crippen LogP contribution >= 0.6 is 0 Å². The molecule has 1 amide bonds. The Morgan fingerprint density at radius 3 is 2.66 bits per heavy atom. The molecular weight excluding hydrogens is 362 g/mol. The summed E-state index contributed by atoms with van der Waals surface area (Å²) in [6.07, 6.45) is 9.56. The summed E-state index contributed by atoms with van der Waals surface area (Å²) in [6, 6.07) is 14.2. The van der Waals surface area contributed by atoms with Gasteiger partial charge in [0.05, 0.1) is 12.0 Å². The molecule has 3 fully saturated rings. The second-order valence-corrected chi connectivity index (χ2v) is 8.09. The molecule has 1 aromatic carbocycles. The van der Waals surface area contributed by atoms with Crippen LogP contribution < -0.4 is 0 Å². The number of benzene rings is 1. The van der Waals surface area contributed by atoms with Gasteiger partial charge in [-0.05, 0) is 55.2 Å². The number of imidazole rings is 1. The summed E-state index contributed by atoms with van der Waals surface area (Å²) in [5, 5.41) is 0. The molecule has 3 aliphatic rings. The van der Waals surface area contributed by atoms with Gasteiger partial charge in [0.2, 0.25) is 0 Å². The first kappa shape index (κ1) is 18.1. The first-order chi connectivity index (χ1) is 14.3. The van der Waals surface area contributed by atoms with Crippen LogP contribution in [0.25, 0.3) is 5.69 Å². The van der Waals surface area contributed by atoms with Crippen molar-refractivity contribution in [3.63, 3.8) is 0 Å². The minimum atomic E-state index is 0.150. The number of pyridine rings is 1. The summed E-state index contributed by atoms with van der Waals surface area (Å²) in [5.74, 6) is 0.684. The van der Waals surface area contributed by atoms with Crippen LogP contribution in [0.3, 0.4) is 0 Å². The zero-order valence-electron chi connectivity index (χ0n) is 16.4. The average molecular weight is 387 g/mol. The van der Waals surface area contributed by atoms with E-state index in [2.05, 4.69) is 25.8 Å². The van der Waals surface area contributed by atoms with Crippen molar-refractivity contribution in [2.24, 2.45) is 5.92 Å². The summed E-state index contributed by atoms with van der Waals surface area (Å²) < 4.78 is 1.94. The SMILES string of the molecule is O=C(c1ccc(-n2ccnc2)cc1)N1C[C@H]2CC[C@@H]1CN(Cc1ccccn1)C2. The highest BCUT2D eigenvalue weighted by Gasteiger charge is 2.37. The highest BCUT2D eigenvalue weighted by atomic mass is 16.2. The fourth-order valence-electron chi connectivity index (χ4n) is 4.63. The van der Waals surface area contributed by atoms with Gasteiger partial charge in [0.1, 0.15) is 0 Å². The number of carbonyl (C=O) groups excluding carboxylic acids is 1. The normalized spacial score (nSPS) is 21.9. The van der Waals surface area contributed by atoms with Crippen molar-refractivity contribution in [1.82, 2.24) is 24.3 Å². The second kappa shape index (κ2) is 7.79. The molecule has 5 heterocycles. The zero-order chi connectivity index (χ0) is 19.6. The van der Waals surface area contributed by atoms with Crippen molar-refractivity contribution < 1.29 is 4.79 Å². The third-order valence-electron chi connectivity index (χ3n) is 6.08. The second-order valence-electron chi connectivity index (χ2n) is 8.09. The standard InChI is InChI=1S/C23H25N5O/c29-23(19-5-8-21(9-6-19)27-12-11-24-17-27)28-14-18-4-7-22(28)16-26(13-18)15-20-3-1-2-10-25-20/h1-3,5-6,8-12,17-18,22H,4,7,13-16H2/t18-,22+/m0/s1. The van der Waals surface area contributed by atoms with Gasteiger partial charge < -0.3 is 9.47 Å². The minimum absolute atomic E-state index is 0.150. The molecule has 3 aromatic rings. The molecule has 2 atom stereocenters. The van der Waals surface area contributed by atoms with Crippen LogP contribution in [-0.4, -0.2) is 55.9 Å². The van der Waals surface area contributed by atoms with E-state index in [0.717, 1.165) is 49.5 Å². The van der Waals surface area contributed by atoms with E-state index >= 15 is 0 Å². The molecule has 29 heavy (non-hydrogen) atoms. The summed E-state index contributed by atoms with van der Waals surface area (Å²) in [5.41, 5.74) is 2.87. The molecule has 3 saturated heterocycles. The van der Waals surface area contributed by atoms with E-state index in [-0.39, 0.29) is 11.9 Å². The predicted octanol–water partition coefficient (Wildman–Crippen LogP) is 3.00. The van der Waals surface area contributed by atoms with Crippen molar-refractivity contribution in [2.45, 2.75) is 25.4 Å². The molecule has 3 aliphatic heterocycles. The van der Waals surface area contributed by atoms with Crippen molar-refractivity contribution in [1.29, 1.82) is 0 Å². The number of carbonyl (C=O) groups is 1. The Bertz CT molecular complexity index is 955. The Hall–Kier alpha value is -2.99. The van der Waals surface area contributed by atoms with Gasteiger partial charge in [-0.1, -0.05) is 6.07 Å². The number of hydrogen-bond donors (Lipinski definition) is 0. The van der Waals surface area contributed by atoms with Gasteiger partial charge in [-0.3, -0.25) is 14.7 Å². The van der Waals surface area contributed by atoms with E-state index in [9.17, 15) is 4.79 Å². The maximum absolute atomic E-state index is 13.3. The Morgan fingerprint density at radius 2 is 1.90 bits per heavy atom. The topological polar surface area (TPSA) is 54.3 Å². The third kappa shape index (κ3) is 3.80. The summed E-state index contributed by atoms with van der Waals surface area (Å²) in [4.78, 5) is 26.4. The molecule has 2 bridgehead atoms. The lowest BCUT2D eigenvalue weighted by atomic mass is 9.94. The van der Waals surface area contributed by atoms with Crippen LogP contribution in [-0.2, 0) is 6.54 Å².